The average molecular weight is 317 g/mol. The summed E-state index contributed by atoms with van der Waals surface area (Å²) in [5.41, 5.74) is 7.97. The van der Waals surface area contributed by atoms with Crippen LogP contribution >= 0.6 is 15.9 Å². The molecular weight excluding hydrogens is 304 g/mol. The largest absolute Gasteiger partial charge is 0.456 e. The maximum Gasteiger partial charge on any atom is 0.145 e. The molecule has 3 nitrogen and oxygen atoms in total. The highest BCUT2D eigenvalue weighted by Crippen LogP contribution is 2.29. The standard InChI is InChI=1S/C15H13BrN2O/c1-10-6-13(16)3-5-14(10)19-15-4-2-11(8-17)7-12(15)9-18/h2-7H,8,17H2,1H3. The van der Waals surface area contributed by atoms with E-state index in [1.165, 1.54) is 0 Å². The van der Waals surface area contributed by atoms with E-state index in [0.717, 1.165) is 21.3 Å². The summed E-state index contributed by atoms with van der Waals surface area (Å²) in [6.07, 6.45) is 0. The van der Waals surface area contributed by atoms with Crippen LogP contribution in [0.2, 0.25) is 0 Å². The summed E-state index contributed by atoms with van der Waals surface area (Å²) in [6, 6.07) is 13.3. The van der Waals surface area contributed by atoms with E-state index in [1.54, 1.807) is 12.1 Å². The molecule has 0 aromatic heterocycles. The Labute approximate surface area is 120 Å². The van der Waals surface area contributed by atoms with Gasteiger partial charge in [0, 0.05) is 11.0 Å². The van der Waals surface area contributed by atoms with Crippen LogP contribution in [0.4, 0.5) is 0 Å². The van der Waals surface area contributed by atoms with Crippen molar-refractivity contribution in [3.05, 3.63) is 57.6 Å². The molecule has 0 aliphatic carbocycles. The molecule has 0 radical (unpaired) electrons. The number of ether oxygens (including phenoxy) is 1. The van der Waals surface area contributed by atoms with E-state index in [4.69, 9.17) is 15.7 Å². The third-order valence-corrected chi connectivity index (χ3v) is 3.25. The second kappa shape index (κ2) is 5.87. The molecule has 0 heterocycles. The van der Waals surface area contributed by atoms with Gasteiger partial charge in [0.15, 0.2) is 0 Å². The van der Waals surface area contributed by atoms with Gasteiger partial charge in [-0.25, -0.2) is 0 Å². The Kier molecular flexibility index (Phi) is 4.20. The topological polar surface area (TPSA) is 59.0 Å². The number of hydrogen-bond donors (Lipinski definition) is 1. The summed E-state index contributed by atoms with van der Waals surface area (Å²) in [7, 11) is 0. The van der Waals surface area contributed by atoms with Crippen LogP contribution in [-0.4, -0.2) is 0 Å². The molecule has 0 spiro atoms. The van der Waals surface area contributed by atoms with Crippen LogP contribution < -0.4 is 10.5 Å². The van der Waals surface area contributed by atoms with E-state index in [1.807, 2.05) is 31.2 Å². The zero-order chi connectivity index (χ0) is 13.8. The molecule has 4 heteroatoms. The lowest BCUT2D eigenvalue weighted by molar-refractivity contribution is 0.477. The first-order valence-electron chi connectivity index (χ1n) is 5.81. The molecule has 0 atom stereocenters. The molecule has 0 fully saturated rings. The van der Waals surface area contributed by atoms with Crippen LogP contribution in [0.5, 0.6) is 11.5 Å². The summed E-state index contributed by atoms with van der Waals surface area (Å²) < 4.78 is 6.80. The minimum Gasteiger partial charge on any atom is -0.456 e. The van der Waals surface area contributed by atoms with Gasteiger partial charge >= 0.3 is 0 Å². The molecule has 0 aliphatic heterocycles. The van der Waals surface area contributed by atoms with Crippen molar-refractivity contribution < 1.29 is 4.74 Å². The number of rotatable bonds is 3. The predicted octanol–water partition coefficient (Wildman–Crippen LogP) is 3.88. The lowest BCUT2D eigenvalue weighted by Crippen LogP contribution is -1.98. The van der Waals surface area contributed by atoms with Gasteiger partial charge in [0.05, 0.1) is 5.56 Å². The van der Waals surface area contributed by atoms with Gasteiger partial charge < -0.3 is 10.5 Å². The third-order valence-electron chi connectivity index (χ3n) is 2.76. The Morgan fingerprint density at radius 1 is 1.21 bits per heavy atom. The smallest absolute Gasteiger partial charge is 0.145 e. The van der Waals surface area contributed by atoms with Gasteiger partial charge in [-0.15, -0.1) is 0 Å². The van der Waals surface area contributed by atoms with Gasteiger partial charge in [0.2, 0.25) is 0 Å². The molecule has 0 amide bonds. The molecule has 19 heavy (non-hydrogen) atoms. The molecule has 0 bridgehead atoms. The second-order valence-corrected chi connectivity index (χ2v) is 5.07. The van der Waals surface area contributed by atoms with Gasteiger partial charge in [-0.2, -0.15) is 5.26 Å². The van der Waals surface area contributed by atoms with Crippen LogP contribution in [-0.2, 0) is 6.54 Å². The number of nitrogens with zero attached hydrogens (tertiary/aromatic N) is 1. The average Bonchev–Trinajstić information content (AvgIpc) is 2.42. The van der Waals surface area contributed by atoms with Crippen LogP contribution in [0.3, 0.4) is 0 Å². The summed E-state index contributed by atoms with van der Waals surface area (Å²) >= 11 is 3.41. The van der Waals surface area contributed by atoms with Gasteiger partial charge in [0.1, 0.15) is 17.6 Å². The van der Waals surface area contributed by atoms with Gasteiger partial charge in [-0.05, 0) is 48.4 Å². The number of nitrogens with two attached hydrogens (primary N) is 1. The van der Waals surface area contributed by atoms with E-state index < -0.39 is 0 Å². The quantitative estimate of drug-likeness (QED) is 0.934. The Balaban J connectivity index is 2.35. The van der Waals surface area contributed by atoms with Crippen molar-refractivity contribution in [2.45, 2.75) is 13.5 Å². The fourth-order valence-electron chi connectivity index (χ4n) is 1.73. The van der Waals surface area contributed by atoms with Crippen molar-refractivity contribution in [2.24, 2.45) is 5.73 Å². The molecule has 2 rings (SSSR count). The van der Waals surface area contributed by atoms with E-state index in [9.17, 15) is 0 Å². The van der Waals surface area contributed by atoms with Crippen LogP contribution in [0, 0.1) is 18.3 Å². The van der Waals surface area contributed by atoms with E-state index >= 15 is 0 Å². The predicted molar refractivity (Wildman–Crippen MR) is 78.0 cm³/mol. The summed E-state index contributed by atoms with van der Waals surface area (Å²) in [5.74, 6) is 1.28. The zero-order valence-corrected chi connectivity index (χ0v) is 12.1. The van der Waals surface area contributed by atoms with E-state index in [-0.39, 0.29) is 0 Å². The first kappa shape index (κ1) is 13.6. The molecule has 96 valence electrons. The lowest BCUT2D eigenvalue weighted by Gasteiger charge is -2.11. The highest BCUT2D eigenvalue weighted by atomic mass is 79.9. The second-order valence-electron chi connectivity index (χ2n) is 4.16. The van der Waals surface area contributed by atoms with Gasteiger partial charge in [-0.3, -0.25) is 0 Å². The Morgan fingerprint density at radius 2 is 1.95 bits per heavy atom. The molecule has 0 aliphatic rings. The van der Waals surface area contributed by atoms with E-state index in [0.29, 0.717) is 17.9 Å². The van der Waals surface area contributed by atoms with Crippen LogP contribution in [0.15, 0.2) is 40.9 Å². The highest BCUT2D eigenvalue weighted by Gasteiger charge is 2.07. The molecule has 0 saturated carbocycles. The molecular formula is C15H13BrN2O. The van der Waals surface area contributed by atoms with Gasteiger partial charge in [-0.1, -0.05) is 22.0 Å². The third kappa shape index (κ3) is 3.14. The van der Waals surface area contributed by atoms with Crippen molar-refractivity contribution in [1.82, 2.24) is 0 Å². The normalized spacial score (nSPS) is 10.0. The molecule has 0 unspecified atom stereocenters. The Bertz CT molecular complexity index is 647. The zero-order valence-electron chi connectivity index (χ0n) is 10.5. The SMILES string of the molecule is Cc1cc(Br)ccc1Oc1ccc(CN)cc1C#N. The highest BCUT2D eigenvalue weighted by molar-refractivity contribution is 9.10. The minimum atomic E-state index is 0.409. The molecule has 2 N–H and O–H groups in total. The maximum absolute atomic E-state index is 9.15. The van der Waals surface area contributed by atoms with Crippen molar-refractivity contribution >= 4 is 15.9 Å². The van der Waals surface area contributed by atoms with Crippen molar-refractivity contribution in [1.29, 1.82) is 5.26 Å². The summed E-state index contributed by atoms with van der Waals surface area (Å²) in [5, 5.41) is 9.15. The van der Waals surface area contributed by atoms with Crippen LogP contribution in [0.1, 0.15) is 16.7 Å². The number of halogens is 1. The first-order valence-corrected chi connectivity index (χ1v) is 6.60. The van der Waals surface area contributed by atoms with Crippen molar-refractivity contribution in [3.8, 4) is 17.6 Å². The number of hydrogen-bond acceptors (Lipinski definition) is 3. The fourth-order valence-corrected chi connectivity index (χ4v) is 2.20. The van der Waals surface area contributed by atoms with E-state index in [2.05, 4.69) is 22.0 Å². The maximum atomic E-state index is 9.15. The Hall–Kier alpha value is -1.83. The lowest BCUT2D eigenvalue weighted by atomic mass is 10.1. The van der Waals surface area contributed by atoms with Gasteiger partial charge in [0.25, 0.3) is 0 Å². The molecule has 2 aromatic carbocycles. The summed E-state index contributed by atoms with van der Waals surface area (Å²) in [4.78, 5) is 0. The van der Waals surface area contributed by atoms with Crippen molar-refractivity contribution in [3.63, 3.8) is 0 Å². The fraction of sp³-hybridized carbons (Fsp3) is 0.133. The monoisotopic (exact) mass is 316 g/mol. The van der Waals surface area contributed by atoms with Crippen molar-refractivity contribution in [2.75, 3.05) is 0 Å². The minimum absolute atomic E-state index is 0.409. The number of benzene rings is 2. The summed E-state index contributed by atoms with van der Waals surface area (Å²) in [6.45, 7) is 2.37. The van der Waals surface area contributed by atoms with Crippen LogP contribution in [0.25, 0.3) is 0 Å². The number of nitriles is 1. The first-order chi connectivity index (χ1) is 9.13. The molecule has 0 saturated heterocycles. The molecule has 2 aromatic rings. The number of aryl methyl sites for hydroxylation is 1. The Morgan fingerprint density at radius 3 is 2.58 bits per heavy atom.